The van der Waals surface area contributed by atoms with E-state index in [-0.39, 0.29) is 52.4 Å². The molecule has 1 aromatic carbocycles. The second-order valence-electron chi connectivity index (χ2n) is 6.97. The Morgan fingerprint density at radius 3 is 2.48 bits per heavy atom. The average molecular weight is 449 g/mol. The van der Waals surface area contributed by atoms with Crippen molar-refractivity contribution < 1.29 is 33.2 Å². The maximum absolute atomic E-state index is 13.0. The molecule has 0 radical (unpaired) electrons. The van der Waals surface area contributed by atoms with Crippen molar-refractivity contribution in [3.8, 4) is 11.1 Å². The van der Waals surface area contributed by atoms with Gasteiger partial charge < -0.3 is 4.74 Å². The summed E-state index contributed by atoms with van der Waals surface area (Å²) < 4.78 is 16.3. The molecule has 0 spiro atoms. The van der Waals surface area contributed by atoms with E-state index in [0.29, 0.717) is 12.1 Å². The van der Waals surface area contributed by atoms with Crippen LogP contribution in [-0.2, 0) is 18.6 Å². The fourth-order valence-corrected chi connectivity index (χ4v) is 5.44. The number of para-hydroxylation sites is 1. The molecule has 0 amide bonds. The lowest BCUT2D eigenvalue weighted by Crippen LogP contribution is -2.29. The number of Topliss-reactive ketones (excluding diaryl/α,β-unsaturated/α-hetero) is 1. The molecule has 1 aliphatic rings. The number of esters is 1. The first-order chi connectivity index (χ1) is 14.7. The van der Waals surface area contributed by atoms with Crippen LogP contribution in [0.15, 0.2) is 24.3 Å². The minimum Gasteiger partial charge on any atom is -0.454 e. The Bertz CT molecular complexity index is 1050. The number of carbonyl (C=O) groups is 2. The smallest absolute Gasteiger partial charge is 0.448 e. The summed E-state index contributed by atoms with van der Waals surface area (Å²) in [5, 5.41) is 11.8. The Labute approximate surface area is 178 Å². The zero-order chi connectivity index (χ0) is 22.8. The molecule has 1 N–H and O–H groups in total. The third kappa shape index (κ3) is 4.62. The van der Waals surface area contributed by atoms with Crippen LogP contribution in [0.5, 0.6) is 0 Å². The number of nitrogens with zero attached hydrogens (tertiary/aromatic N) is 2. The van der Waals surface area contributed by atoms with Gasteiger partial charge in [0.15, 0.2) is 5.78 Å². The highest BCUT2D eigenvalue weighted by molar-refractivity contribution is 7.69. The summed E-state index contributed by atoms with van der Waals surface area (Å²) in [6.07, 6.45) is 0.564. The molecule has 0 bridgehead atoms. The molecule has 0 saturated carbocycles. The Hall–Kier alpha value is -2.78. The van der Waals surface area contributed by atoms with Crippen LogP contribution < -0.4 is 5.30 Å². The number of aryl methyl sites for hydroxylation is 2. The molecule has 0 atom stereocenters. The number of ether oxygens (including phenoxy) is 1. The van der Waals surface area contributed by atoms with Crippen molar-refractivity contribution >= 4 is 30.7 Å². The molecule has 0 aliphatic carbocycles. The normalized spacial score (nSPS) is 15.4. The Balaban J connectivity index is 2.37. The Kier molecular flexibility index (Phi) is 6.76. The summed E-state index contributed by atoms with van der Waals surface area (Å²) in [7, 11) is -3.69. The highest BCUT2D eigenvalue weighted by Crippen LogP contribution is 2.60. The van der Waals surface area contributed by atoms with Crippen LogP contribution in [0.25, 0.3) is 11.1 Å². The van der Waals surface area contributed by atoms with Gasteiger partial charge in [-0.25, -0.2) is 4.79 Å². The number of rotatable bonds is 6. The molecular formula is C20H22N2O8P+. The molecule has 2 aromatic rings. The van der Waals surface area contributed by atoms with Crippen LogP contribution in [0.1, 0.15) is 35.1 Å². The number of hydrogen-bond donors (Lipinski definition) is 1. The number of nitro groups is 1. The molecule has 2 heterocycles. The number of hydrogen-bond acceptors (Lipinski definition) is 9. The fourth-order valence-electron chi connectivity index (χ4n) is 3.38. The minimum absolute atomic E-state index is 0.0589. The number of nitro benzene ring substituents is 1. The van der Waals surface area contributed by atoms with E-state index in [1.165, 1.54) is 25.1 Å². The number of aromatic nitrogens is 1. The number of ketones is 1. The van der Waals surface area contributed by atoms with Gasteiger partial charge in [0.1, 0.15) is 19.8 Å². The van der Waals surface area contributed by atoms with E-state index in [4.69, 9.17) is 13.8 Å². The van der Waals surface area contributed by atoms with Gasteiger partial charge in [0.2, 0.25) is 5.30 Å². The monoisotopic (exact) mass is 449 g/mol. The molecular weight excluding hydrogens is 427 g/mol. The first-order valence-electron chi connectivity index (χ1n) is 9.48. The van der Waals surface area contributed by atoms with Crippen LogP contribution in [0, 0.1) is 24.0 Å². The highest BCUT2D eigenvalue weighted by Gasteiger charge is 2.52. The van der Waals surface area contributed by atoms with Crippen LogP contribution in [0.3, 0.4) is 0 Å². The second-order valence-corrected chi connectivity index (χ2v) is 8.98. The Morgan fingerprint density at radius 1 is 1.23 bits per heavy atom. The molecule has 164 valence electrons. The molecule has 31 heavy (non-hydrogen) atoms. The van der Waals surface area contributed by atoms with Crippen LogP contribution >= 0.6 is 7.94 Å². The van der Waals surface area contributed by atoms with Crippen molar-refractivity contribution in [1.82, 2.24) is 4.98 Å². The van der Waals surface area contributed by atoms with Gasteiger partial charge in [0, 0.05) is 12.5 Å². The minimum atomic E-state index is -3.69. The SMILES string of the molecule is CC(=O)COC(=O)c1c(C)nc(C)c([P+]2(O)OCCCO2)c1-c1ccccc1[N+](=O)[O-]. The van der Waals surface area contributed by atoms with Crippen LogP contribution in [0.4, 0.5) is 5.69 Å². The summed E-state index contributed by atoms with van der Waals surface area (Å²) >= 11 is 0. The Morgan fingerprint density at radius 2 is 1.87 bits per heavy atom. The van der Waals surface area contributed by atoms with Gasteiger partial charge in [-0.05, 0) is 26.8 Å². The number of pyridine rings is 1. The first kappa shape index (κ1) is 22.9. The van der Waals surface area contributed by atoms with E-state index in [0.717, 1.165) is 0 Å². The van der Waals surface area contributed by atoms with E-state index in [9.17, 15) is 24.6 Å². The predicted molar refractivity (Wildman–Crippen MR) is 112 cm³/mol. The summed E-state index contributed by atoms with van der Waals surface area (Å²) in [6, 6.07) is 5.83. The van der Waals surface area contributed by atoms with Crippen LogP contribution in [-0.4, -0.2) is 46.4 Å². The molecule has 11 heteroatoms. The lowest BCUT2D eigenvalue weighted by Gasteiger charge is -2.25. The lowest BCUT2D eigenvalue weighted by atomic mass is 9.96. The van der Waals surface area contributed by atoms with Crippen molar-refractivity contribution in [3.63, 3.8) is 0 Å². The van der Waals surface area contributed by atoms with Gasteiger partial charge in [-0.2, -0.15) is 13.9 Å². The maximum atomic E-state index is 13.0. The highest BCUT2D eigenvalue weighted by atomic mass is 31.2. The van der Waals surface area contributed by atoms with Gasteiger partial charge in [-0.15, -0.1) is 0 Å². The zero-order valence-electron chi connectivity index (χ0n) is 17.3. The molecule has 1 fully saturated rings. The van der Waals surface area contributed by atoms with Gasteiger partial charge in [0.05, 0.1) is 33.0 Å². The van der Waals surface area contributed by atoms with E-state index >= 15 is 0 Å². The van der Waals surface area contributed by atoms with Crippen molar-refractivity contribution in [2.24, 2.45) is 0 Å². The summed E-state index contributed by atoms with van der Waals surface area (Å²) in [4.78, 5) is 51.1. The van der Waals surface area contributed by atoms with E-state index in [1.54, 1.807) is 19.9 Å². The molecule has 10 nitrogen and oxygen atoms in total. The zero-order valence-corrected chi connectivity index (χ0v) is 18.2. The number of carbonyl (C=O) groups excluding carboxylic acids is 2. The summed E-state index contributed by atoms with van der Waals surface area (Å²) in [6.45, 7) is 4.38. The maximum Gasteiger partial charge on any atom is 0.448 e. The van der Waals surface area contributed by atoms with Gasteiger partial charge >= 0.3 is 13.9 Å². The van der Waals surface area contributed by atoms with E-state index in [2.05, 4.69) is 4.98 Å². The van der Waals surface area contributed by atoms with Crippen molar-refractivity contribution in [3.05, 3.63) is 51.3 Å². The second kappa shape index (κ2) is 9.15. The molecule has 1 saturated heterocycles. The molecule has 1 aliphatic heterocycles. The topological polar surface area (TPSA) is 138 Å². The van der Waals surface area contributed by atoms with Gasteiger partial charge in [-0.1, -0.05) is 12.1 Å². The van der Waals surface area contributed by atoms with Crippen molar-refractivity contribution in [2.75, 3.05) is 19.8 Å². The predicted octanol–water partition coefficient (Wildman–Crippen LogP) is 2.84. The van der Waals surface area contributed by atoms with Gasteiger partial charge in [0.25, 0.3) is 5.69 Å². The quantitative estimate of drug-likeness (QED) is 0.305. The van der Waals surface area contributed by atoms with Crippen molar-refractivity contribution in [1.29, 1.82) is 0 Å². The molecule has 0 unspecified atom stereocenters. The first-order valence-corrected chi connectivity index (χ1v) is 11.1. The van der Waals surface area contributed by atoms with E-state index in [1.807, 2.05) is 0 Å². The largest absolute Gasteiger partial charge is 0.454 e. The average Bonchev–Trinajstić information content (AvgIpc) is 2.71. The van der Waals surface area contributed by atoms with Gasteiger partial charge in [-0.3, -0.25) is 19.9 Å². The van der Waals surface area contributed by atoms with Crippen LogP contribution in [0.2, 0.25) is 0 Å². The molecule has 3 rings (SSSR count). The third-order valence-corrected chi connectivity index (χ3v) is 6.79. The standard InChI is InChI=1S/C20H22N2O8P/c1-12(23)11-28-20(24)17-13(2)21-14(3)19(31(27)29-9-6-10-30-31)18(17)15-7-4-5-8-16(15)22(25)26/h4-5,7-8,27H,6,9-11H2,1-3H3/q+1. The number of benzene rings is 1. The molecule has 1 aromatic heterocycles. The third-order valence-electron chi connectivity index (χ3n) is 4.61. The van der Waals surface area contributed by atoms with Crippen molar-refractivity contribution in [2.45, 2.75) is 27.2 Å². The van der Waals surface area contributed by atoms with E-state index < -0.39 is 25.4 Å². The lowest BCUT2D eigenvalue weighted by molar-refractivity contribution is -0.384. The summed E-state index contributed by atoms with van der Waals surface area (Å²) in [5.41, 5.74) is 0.305. The fraction of sp³-hybridized carbons (Fsp3) is 0.350. The summed E-state index contributed by atoms with van der Waals surface area (Å²) in [5.74, 6) is -1.26.